The molecule has 0 saturated carbocycles. The van der Waals surface area contributed by atoms with Gasteiger partial charge < -0.3 is 14.4 Å². The molecule has 5 rings (SSSR count). The molecule has 0 radical (unpaired) electrons. The number of carbonyl (C=O) groups is 1. The third-order valence-electron chi connectivity index (χ3n) is 7.32. The van der Waals surface area contributed by atoms with Gasteiger partial charge >= 0.3 is 0 Å². The van der Waals surface area contributed by atoms with E-state index in [4.69, 9.17) is 37.7 Å². The van der Waals surface area contributed by atoms with Gasteiger partial charge in [0.15, 0.2) is 4.80 Å². The minimum atomic E-state index is -0.705. The van der Waals surface area contributed by atoms with E-state index >= 15 is 0 Å². The largest absolute Gasteiger partial charge is 0.496 e. The average Bonchev–Trinajstić information content (AvgIpc) is 3.31. The minimum Gasteiger partial charge on any atom is -0.496 e. The van der Waals surface area contributed by atoms with Gasteiger partial charge in [-0.05, 0) is 56.7 Å². The SMILES string of the molecule is CCN(CC)C(=O)C1=C(C)N=c2s/c(=C/c3ccccc3OCc3ccc(Cl)c(Cl)c3)c(=O)n2[C@@H]1c1ccccc1OC. The van der Waals surface area contributed by atoms with Crippen molar-refractivity contribution in [1.29, 1.82) is 0 Å². The molecule has 1 aromatic heterocycles. The molecular weight excluding hydrogens is 605 g/mol. The van der Waals surface area contributed by atoms with E-state index < -0.39 is 6.04 Å². The van der Waals surface area contributed by atoms with Crippen LogP contribution in [0.1, 0.15) is 43.5 Å². The van der Waals surface area contributed by atoms with Gasteiger partial charge in [0.2, 0.25) is 0 Å². The van der Waals surface area contributed by atoms with E-state index in [0.29, 0.717) is 60.8 Å². The van der Waals surface area contributed by atoms with Crippen LogP contribution in [-0.2, 0) is 11.4 Å². The summed E-state index contributed by atoms with van der Waals surface area (Å²) in [4.78, 5) is 35.1. The number of thiazole rings is 1. The molecule has 7 nitrogen and oxygen atoms in total. The minimum absolute atomic E-state index is 0.155. The van der Waals surface area contributed by atoms with Gasteiger partial charge in [0, 0.05) is 24.2 Å². The van der Waals surface area contributed by atoms with Crippen molar-refractivity contribution in [2.24, 2.45) is 4.99 Å². The Morgan fingerprint density at radius 1 is 1.02 bits per heavy atom. The molecule has 43 heavy (non-hydrogen) atoms. The number of halogens is 2. The van der Waals surface area contributed by atoms with Gasteiger partial charge in [-0.3, -0.25) is 14.2 Å². The van der Waals surface area contributed by atoms with E-state index in [-0.39, 0.29) is 18.1 Å². The first-order valence-corrected chi connectivity index (χ1v) is 15.4. The van der Waals surface area contributed by atoms with Crippen molar-refractivity contribution in [2.75, 3.05) is 20.2 Å². The van der Waals surface area contributed by atoms with E-state index in [2.05, 4.69) is 0 Å². The predicted molar refractivity (Wildman–Crippen MR) is 172 cm³/mol. The van der Waals surface area contributed by atoms with Gasteiger partial charge in [-0.1, -0.05) is 77.0 Å². The van der Waals surface area contributed by atoms with Gasteiger partial charge in [0.1, 0.15) is 24.1 Å². The highest BCUT2D eigenvalue weighted by Crippen LogP contribution is 2.36. The Morgan fingerprint density at radius 2 is 1.72 bits per heavy atom. The molecular formula is C33H31Cl2N3O4S. The van der Waals surface area contributed by atoms with Crippen LogP contribution in [0.5, 0.6) is 11.5 Å². The lowest BCUT2D eigenvalue weighted by Crippen LogP contribution is -2.43. The second-order valence-corrected chi connectivity index (χ2v) is 11.7. The van der Waals surface area contributed by atoms with Gasteiger partial charge in [-0.2, -0.15) is 0 Å². The number of para-hydroxylation sites is 2. The molecule has 222 valence electrons. The number of ether oxygens (including phenoxy) is 2. The van der Waals surface area contributed by atoms with E-state index in [1.54, 1.807) is 34.8 Å². The number of allylic oxidation sites excluding steroid dienone is 1. The van der Waals surface area contributed by atoms with Crippen LogP contribution in [0.15, 0.2) is 87.8 Å². The summed E-state index contributed by atoms with van der Waals surface area (Å²) in [5, 5.41) is 0.931. The Kier molecular flexibility index (Phi) is 9.40. The Hall–Kier alpha value is -3.85. The zero-order valence-electron chi connectivity index (χ0n) is 24.3. The first kappa shape index (κ1) is 30.6. The molecule has 1 amide bonds. The Bertz CT molecular complexity index is 1890. The number of methoxy groups -OCH3 is 1. The highest BCUT2D eigenvalue weighted by Gasteiger charge is 2.35. The lowest BCUT2D eigenvalue weighted by molar-refractivity contribution is -0.127. The zero-order chi connectivity index (χ0) is 30.7. The predicted octanol–water partition coefficient (Wildman–Crippen LogP) is 6.00. The molecule has 2 heterocycles. The molecule has 0 aliphatic carbocycles. The second kappa shape index (κ2) is 13.2. The first-order chi connectivity index (χ1) is 20.8. The topological polar surface area (TPSA) is 73.1 Å². The van der Waals surface area contributed by atoms with Crippen molar-refractivity contribution in [2.45, 2.75) is 33.4 Å². The molecule has 1 atom stereocenters. The summed E-state index contributed by atoms with van der Waals surface area (Å²) < 4.78 is 13.9. The number of rotatable bonds is 9. The highest BCUT2D eigenvalue weighted by atomic mass is 35.5. The van der Waals surface area contributed by atoms with Crippen LogP contribution >= 0.6 is 34.5 Å². The fraction of sp³-hybridized carbons (Fsp3) is 0.242. The summed E-state index contributed by atoms with van der Waals surface area (Å²) in [5.74, 6) is 1.04. The molecule has 1 aliphatic heterocycles. The molecule has 0 N–H and O–H groups in total. The summed E-state index contributed by atoms with van der Waals surface area (Å²) >= 11 is 13.5. The highest BCUT2D eigenvalue weighted by molar-refractivity contribution is 7.07. The van der Waals surface area contributed by atoms with E-state index in [9.17, 15) is 9.59 Å². The normalized spacial score (nSPS) is 14.7. The number of likely N-dealkylation sites (N-methyl/N-ethyl adjacent to an activating group) is 1. The third-order valence-corrected chi connectivity index (χ3v) is 9.04. The van der Waals surface area contributed by atoms with Crippen molar-refractivity contribution in [3.63, 3.8) is 0 Å². The van der Waals surface area contributed by atoms with E-state index in [1.807, 2.05) is 75.4 Å². The smallest absolute Gasteiger partial charge is 0.271 e. The molecule has 0 unspecified atom stereocenters. The molecule has 0 bridgehead atoms. The molecule has 1 aliphatic rings. The fourth-order valence-electron chi connectivity index (χ4n) is 5.13. The molecule has 0 spiro atoms. The summed E-state index contributed by atoms with van der Waals surface area (Å²) in [7, 11) is 1.58. The number of benzene rings is 3. The number of nitrogens with zero attached hydrogens (tertiary/aromatic N) is 3. The Labute approximate surface area is 263 Å². The van der Waals surface area contributed by atoms with Crippen LogP contribution in [0, 0.1) is 0 Å². The zero-order valence-corrected chi connectivity index (χ0v) is 26.6. The van der Waals surface area contributed by atoms with Crippen LogP contribution in [-0.4, -0.2) is 35.6 Å². The van der Waals surface area contributed by atoms with Gasteiger partial charge in [-0.15, -0.1) is 0 Å². The quantitative estimate of drug-likeness (QED) is 0.226. The Morgan fingerprint density at radius 3 is 2.42 bits per heavy atom. The van der Waals surface area contributed by atoms with Gasteiger partial charge in [-0.25, -0.2) is 4.99 Å². The monoisotopic (exact) mass is 635 g/mol. The van der Waals surface area contributed by atoms with E-state index in [1.165, 1.54) is 11.3 Å². The first-order valence-electron chi connectivity index (χ1n) is 13.9. The van der Waals surface area contributed by atoms with Crippen LogP contribution in [0.3, 0.4) is 0 Å². The number of amides is 1. The van der Waals surface area contributed by atoms with Gasteiger partial charge in [0.05, 0.1) is 33.0 Å². The van der Waals surface area contributed by atoms with Crippen molar-refractivity contribution in [3.8, 4) is 11.5 Å². The summed E-state index contributed by atoms with van der Waals surface area (Å²) in [5.41, 5.74) is 3.09. The summed E-state index contributed by atoms with van der Waals surface area (Å²) in [6.45, 7) is 7.04. The van der Waals surface area contributed by atoms with Crippen molar-refractivity contribution in [3.05, 3.63) is 124 Å². The van der Waals surface area contributed by atoms with Crippen LogP contribution in [0.2, 0.25) is 10.0 Å². The summed E-state index contributed by atoms with van der Waals surface area (Å²) in [6.07, 6.45) is 1.80. The van der Waals surface area contributed by atoms with Crippen molar-refractivity contribution < 1.29 is 14.3 Å². The fourth-order valence-corrected chi connectivity index (χ4v) is 6.48. The average molecular weight is 637 g/mol. The van der Waals surface area contributed by atoms with Gasteiger partial charge in [0.25, 0.3) is 11.5 Å². The number of aromatic nitrogens is 1. The van der Waals surface area contributed by atoms with E-state index in [0.717, 1.165) is 11.1 Å². The second-order valence-electron chi connectivity index (χ2n) is 9.88. The number of carbonyl (C=O) groups excluding carboxylic acids is 1. The Balaban J connectivity index is 1.62. The number of fused-ring (bicyclic) bond motifs is 1. The van der Waals surface area contributed by atoms with Crippen LogP contribution in [0.25, 0.3) is 6.08 Å². The number of hydrogen-bond acceptors (Lipinski definition) is 6. The molecule has 0 saturated heterocycles. The molecule has 10 heteroatoms. The van der Waals surface area contributed by atoms with Crippen LogP contribution < -0.4 is 24.4 Å². The molecule has 3 aromatic carbocycles. The van der Waals surface area contributed by atoms with Crippen LogP contribution in [0.4, 0.5) is 0 Å². The third kappa shape index (κ3) is 6.13. The summed E-state index contributed by atoms with van der Waals surface area (Å²) in [6, 6.07) is 19.6. The molecule has 4 aromatic rings. The van der Waals surface area contributed by atoms with Crippen molar-refractivity contribution >= 4 is 46.5 Å². The lowest BCUT2D eigenvalue weighted by Gasteiger charge is -2.29. The maximum absolute atomic E-state index is 14.2. The number of hydrogen-bond donors (Lipinski definition) is 0. The molecule has 0 fully saturated rings. The van der Waals surface area contributed by atoms with Crippen molar-refractivity contribution in [1.82, 2.24) is 9.47 Å². The maximum atomic E-state index is 14.2. The lowest BCUT2D eigenvalue weighted by atomic mass is 9.94. The standard InChI is InChI=1S/C33H31Cl2N3O4S/c1-5-37(6-2)32(40)29-20(3)36-33-38(30(29)23-12-8-10-14-27(23)41-4)31(39)28(43-33)18-22-11-7-9-13-26(22)42-19-21-15-16-24(34)25(35)17-21/h7-18,30H,5-6,19H2,1-4H3/b28-18+/t30-/m1/s1. The maximum Gasteiger partial charge on any atom is 0.271 e.